The summed E-state index contributed by atoms with van der Waals surface area (Å²) in [4.78, 5) is 165. The number of likely N-dealkylation sites (N-methyl/N-ethyl adjacent to an activating group) is 1. The van der Waals surface area contributed by atoms with Gasteiger partial charge in [-0.2, -0.15) is 0 Å². The van der Waals surface area contributed by atoms with Crippen LogP contribution in [0.15, 0.2) is 66.7 Å². The van der Waals surface area contributed by atoms with Crippen molar-refractivity contribution in [2.75, 3.05) is 20.1 Å². The van der Waals surface area contributed by atoms with Crippen LogP contribution in [0.3, 0.4) is 0 Å². The quantitative estimate of drug-likeness (QED) is 0.0844. The maximum Gasteiger partial charge on any atom is 0.328 e. The van der Waals surface area contributed by atoms with Gasteiger partial charge in [-0.25, -0.2) is 9.59 Å². The van der Waals surface area contributed by atoms with E-state index in [-0.39, 0.29) is 25.2 Å². The number of nitrogens with two attached hydrogens (primary N) is 1. The standard InChI is InChI=1S/C56H78N10O14/c1-11-33(8)48-55(78)66(10)40(26-35-17-13-12-14-18-35)51(74)64-46(31(4)5)52(75)59-28-43(69)58-29-44(70)63-47(32(6)7)53(76)61-39(25-30(2)3)56(79)80-34(9)49(54(77)60-38(27-41(57)67)50(73)65-48)62-42(68)23-21-36-19-15-16-20-37(36)22-24-45(71)72/h12-24,30-34,38-40,46-49H,11,25-29H2,1-10H3,(H2,57,67)(H,58,69)(H,59,75)(H,60,77)(H,61,76)(H,62,68)(H,63,70)(H,64,74)(H,65,73)(H,71,72)/b23-21+,24-22+/t33-,34-,38-,39+,40+,46-,47-,48+,49-/m1/s1. The summed E-state index contributed by atoms with van der Waals surface area (Å²) in [5.41, 5.74) is 7.03. The third-order valence-corrected chi connectivity index (χ3v) is 13.1. The van der Waals surface area contributed by atoms with Crippen LogP contribution >= 0.6 is 0 Å². The number of carbonyl (C=O) groups excluding carboxylic acids is 11. The summed E-state index contributed by atoms with van der Waals surface area (Å²) in [7, 11) is 1.33. The van der Waals surface area contributed by atoms with Crippen molar-refractivity contribution in [3.8, 4) is 0 Å². The fraction of sp³-hybridized carbons (Fsp3) is 0.500. The highest BCUT2D eigenvalue weighted by molar-refractivity contribution is 6.00. The van der Waals surface area contributed by atoms with Gasteiger partial charge in [0.1, 0.15) is 48.4 Å². The number of esters is 1. The largest absolute Gasteiger partial charge is 0.478 e. The van der Waals surface area contributed by atoms with Gasteiger partial charge in [0.05, 0.1) is 19.5 Å². The van der Waals surface area contributed by atoms with Crippen LogP contribution in [-0.4, -0.2) is 150 Å². The summed E-state index contributed by atoms with van der Waals surface area (Å²) >= 11 is 0. The summed E-state index contributed by atoms with van der Waals surface area (Å²) < 4.78 is 5.80. The van der Waals surface area contributed by atoms with Crippen molar-refractivity contribution in [1.82, 2.24) is 47.4 Å². The van der Waals surface area contributed by atoms with Gasteiger partial charge < -0.3 is 63.0 Å². The van der Waals surface area contributed by atoms with E-state index < -0.39 is 157 Å². The Morgan fingerprint density at radius 2 is 1.24 bits per heavy atom. The van der Waals surface area contributed by atoms with Crippen LogP contribution in [0.4, 0.5) is 0 Å². The first-order valence-electron chi connectivity index (χ1n) is 26.5. The second kappa shape index (κ2) is 31.8. The van der Waals surface area contributed by atoms with Gasteiger partial charge in [-0.3, -0.25) is 47.9 Å². The van der Waals surface area contributed by atoms with Gasteiger partial charge in [0.15, 0.2) is 0 Å². The van der Waals surface area contributed by atoms with Gasteiger partial charge in [-0.15, -0.1) is 0 Å². The third-order valence-electron chi connectivity index (χ3n) is 13.1. The first-order valence-corrected chi connectivity index (χ1v) is 26.5. The Kier molecular flexibility index (Phi) is 26.2. The van der Waals surface area contributed by atoms with E-state index in [0.717, 1.165) is 17.1 Å². The molecule has 1 heterocycles. The molecule has 1 aliphatic heterocycles. The molecule has 2 aromatic carbocycles. The fourth-order valence-corrected chi connectivity index (χ4v) is 8.31. The highest BCUT2D eigenvalue weighted by atomic mass is 16.5. The molecule has 0 bridgehead atoms. The van der Waals surface area contributed by atoms with E-state index in [0.29, 0.717) is 16.7 Å². The number of nitrogens with zero attached hydrogens (tertiary/aromatic N) is 1. The number of cyclic esters (lactones) is 1. The molecule has 24 heteroatoms. The number of benzene rings is 2. The summed E-state index contributed by atoms with van der Waals surface area (Å²) in [5.74, 6) is -13.5. The minimum Gasteiger partial charge on any atom is -0.478 e. The molecule has 0 spiro atoms. The molecule has 0 aliphatic carbocycles. The summed E-state index contributed by atoms with van der Waals surface area (Å²) in [6.45, 7) is 13.4. The lowest BCUT2D eigenvalue weighted by atomic mass is 9.95. The highest BCUT2D eigenvalue weighted by Crippen LogP contribution is 2.18. The Balaban J connectivity index is 2.22. The average molecular weight is 1120 g/mol. The molecule has 1 saturated heterocycles. The molecule has 10 amide bonds. The molecule has 24 nitrogen and oxygen atoms in total. The molecule has 11 N–H and O–H groups in total. The van der Waals surface area contributed by atoms with Gasteiger partial charge in [0.2, 0.25) is 59.1 Å². The zero-order chi connectivity index (χ0) is 60.0. The van der Waals surface area contributed by atoms with Crippen molar-refractivity contribution in [2.45, 2.75) is 136 Å². The van der Waals surface area contributed by atoms with Gasteiger partial charge in [-0.1, -0.05) is 116 Å². The Labute approximate surface area is 466 Å². The minimum absolute atomic E-state index is 0.0278. The number of nitrogens with one attached hydrogen (secondary N) is 8. The zero-order valence-corrected chi connectivity index (χ0v) is 47.0. The Morgan fingerprint density at radius 1 is 0.688 bits per heavy atom. The molecule has 0 unspecified atom stereocenters. The van der Waals surface area contributed by atoms with Crippen molar-refractivity contribution in [3.63, 3.8) is 0 Å². The minimum atomic E-state index is -1.87. The Morgan fingerprint density at radius 3 is 1.80 bits per heavy atom. The number of rotatable bonds is 15. The third kappa shape index (κ3) is 21.1. The second-order valence-electron chi connectivity index (χ2n) is 20.7. The van der Waals surface area contributed by atoms with Crippen LogP contribution in [0.25, 0.3) is 12.2 Å². The van der Waals surface area contributed by atoms with Crippen molar-refractivity contribution in [2.24, 2.45) is 29.4 Å². The molecule has 1 fully saturated rings. The molecule has 1 aliphatic rings. The molecule has 80 heavy (non-hydrogen) atoms. The summed E-state index contributed by atoms with van der Waals surface area (Å²) in [6, 6.07) is 4.67. The molecular formula is C56H78N10O14. The first-order chi connectivity index (χ1) is 37.6. The van der Waals surface area contributed by atoms with Crippen LogP contribution in [0.1, 0.15) is 98.3 Å². The lowest BCUT2D eigenvalue weighted by Crippen LogP contribution is -2.62. The average Bonchev–Trinajstić information content (AvgIpc) is 3.40. The SMILES string of the molecule is CC[C@@H](C)[C@@H]1NC(=O)[C@@H](CC(N)=O)NC(=O)[C@H](NC(=O)/C=C/c2ccccc2/C=C/C(=O)O)[C@@H](C)OC(=O)[C@H](CC(C)C)NC(=O)[C@@H](C(C)C)NC(=O)CNC(=O)CNC(=O)[C@@H](C(C)C)NC(=O)[C@H](Cc2ccccc2)N(C)C1=O. The number of hydrogen-bond acceptors (Lipinski definition) is 13. The van der Waals surface area contributed by atoms with Crippen molar-refractivity contribution >= 4 is 83.2 Å². The van der Waals surface area contributed by atoms with Crippen LogP contribution in [0.5, 0.6) is 0 Å². The molecule has 436 valence electrons. The molecule has 3 rings (SSSR count). The van der Waals surface area contributed by atoms with Gasteiger partial charge in [-0.05, 0) is 65.9 Å². The fourth-order valence-electron chi connectivity index (χ4n) is 8.31. The van der Waals surface area contributed by atoms with Crippen molar-refractivity contribution < 1.29 is 67.4 Å². The highest BCUT2D eigenvalue weighted by Gasteiger charge is 2.40. The molecule has 2 aromatic rings. The van der Waals surface area contributed by atoms with E-state index in [4.69, 9.17) is 10.5 Å². The second-order valence-corrected chi connectivity index (χ2v) is 20.7. The lowest BCUT2D eigenvalue weighted by Gasteiger charge is -2.35. The van der Waals surface area contributed by atoms with Crippen molar-refractivity contribution in [1.29, 1.82) is 0 Å². The van der Waals surface area contributed by atoms with E-state index in [2.05, 4.69) is 42.5 Å². The van der Waals surface area contributed by atoms with Gasteiger partial charge >= 0.3 is 11.9 Å². The normalized spacial score (nSPS) is 23.7. The van der Waals surface area contributed by atoms with E-state index in [9.17, 15) is 62.6 Å². The predicted octanol–water partition coefficient (Wildman–Crippen LogP) is 0.233. The summed E-state index contributed by atoms with van der Waals surface area (Å²) in [5, 5.41) is 29.4. The first kappa shape index (κ1) is 65.8. The number of amides is 10. The number of carboxylic acids is 1. The maximum absolute atomic E-state index is 14.8. The predicted molar refractivity (Wildman–Crippen MR) is 294 cm³/mol. The molecule has 0 aromatic heterocycles. The van der Waals surface area contributed by atoms with Crippen LogP contribution in [0, 0.1) is 23.7 Å². The van der Waals surface area contributed by atoms with Crippen LogP contribution < -0.4 is 48.3 Å². The topological polar surface area (TPSA) is 360 Å². The van der Waals surface area contributed by atoms with E-state index in [1.54, 1.807) is 110 Å². The molecule has 0 saturated carbocycles. The zero-order valence-electron chi connectivity index (χ0n) is 47.0. The van der Waals surface area contributed by atoms with Crippen molar-refractivity contribution in [3.05, 3.63) is 83.4 Å². The Hall–Kier alpha value is -8.44. The molecule has 9 atom stereocenters. The number of carboxylic acid groups (broad SMARTS) is 1. The number of primary amides is 1. The number of aliphatic carboxylic acids is 1. The number of hydrogen-bond donors (Lipinski definition) is 10. The van der Waals surface area contributed by atoms with Crippen LogP contribution in [0.2, 0.25) is 0 Å². The number of carbonyl (C=O) groups is 12. The number of ether oxygens (including phenoxy) is 1. The monoisotopic (exact) mass is 1110 g/mol. The van der Waals surface area contributed by atoms with Crippen LogP contribution in [-0.2, 0) is 68.7 Å². The smallest absolute Gasteiger partial charge is 0.328 e. The lowest BCUT2D eigenvalue weighted by molar-refractivity contribution is -0.156. The van der Waals surface area contributed by atoms with E-state index >= 15 is 0 Å². The molecular weight excluding hydrogens is 1040 g/mol. The van der Waals surface area contributed by atoms with E-state index in [1.165, 1.54) is 26.1 Å². The molecule has 0 radical (unpaired) electrons. The van der Waals surface area contributed by atoms with Gasteiger partial charge in [0.25, 0.3) is 0 Å². The summed E-state index contributed by atoms with van der Waals surface area (Å²) in [6.07, 6.45) is 2.24. The maximum atomic E-state index is 14.8. The van der Waals surface area contributed by atoms with E-state index in [1.807, 2.05) is 0 Å². The Bertz CT molecular complexity index is 2620. The van der Waals surface area contributed by atoms with Gasteiger partial charge in [0, 0.05) is 25.6 Å².